The number of hydrogen-bond donors (Lipinski definition) is 1. The van der Waals surface area contributed by atoms with E-state index >= 15 is 0 Å². The lowest BCUT2D eigenvalue weighted by Gasteiger charge is -2.12. The first kappa shape index (κ1) is 13.7. The number of aromatic nitrogens is 2. The Morgan fingerprint density at radius 2 is 1.84 bits per heavy atom. The summed E-state index contributed by atoms with van der Waals surface area (Å²) in [6.07, 6.45) is 1.01. The summed E-state index contributed by atoms with van der Waals surface area (Å²) in [7, 11) is 0. The highest BCUT2D eigenvalue weighted by Gasteiger charge is 2.20. The zero-order valence-electron chi connectivity index (χ0n) is 12.1. The first-order valence-corrected chi connectivity index (χ1v) is 6.91. The number of hydrogen-bond acceptors (Lipinski definition) is 2. The maximum absolute atomic E-state index is 10.2. The zero-order chi connectivity index (χ0) is 14.0. The van der Waals surface area contributed by atoms with Gasteiger partial charge in [0.05, 0.1) is 11.3 Å². The van der Waals surface area contributed by atoms with Crippen molar-refractivity contribution < 1.29 is 5.11 Å². The summed E-state index contributed by atoms with van der Waals surface area (Å²) < 4.78 is 1.94. The van der Waals surface area contributed by atoms with E-state index in [4.69, 9.17) is 0 Å². The fourth-order valence-corrected chi connectivity index (χ4v) is 2.43. The molecule has 1 heterocycles. The second kappa shape index (κ2) is 5.47. The largest absolute Gasteiger partial charge is 0.492 e. The lowest BCUT2D eigenvalue weighted by Crippen LogP contribution is -2.06. The van der Waals surface area contributed by atoms with Gasteiger partial charge in [-0.05, 0) is 24.8 Å². The van der Waals surface area contributed by atoms with Crippen LogP contribution in [-0.2, 0) is 6.54 Å². The average molecular weight is 258 g/mol. The van der Waals surface area contributed by atoms with Crippen LogP contribution in [0.1, 0.15) is 44.4 Å². The highest BCUT2D eigenvalue weighted by Crippen LogP contribution is 2.36. The Balaban J connectivity index is 2.58. The molecule has 0 aliphatic rings. The van der Waals surface area contributed by atoms with E-state index < -0.39 is 0 Å². The second-order valence-electron chi connectivity index (χ2n) is 5.33. The van der Waals surface area contributed by atoms with Gasteiger partial charge in [0.2, 0.25) is 5.88 Å². The molecule has 102 valence electrons. The van der Waals surface area contributed by atoms with Gasteiger partial charge < -0.3 is 5.11 Å². The first-order chi connectivity index (χ1) is 9.04. The Labute approximate surface area is 114 Å². The van der Waals surface area contributed by atoms with Crippen LogP contribution in [0.3, 0.4) is 0 Å². The van der Waals surface area contributed by atoms with Gasteiger partial charge in [0.1, 0.15) is 0 Å². The van der Waals surface area contributed by atoms with E-state index in [2.05, 4.69) is 44.9 Å². The quantitative estimate of drug-likeness (QED) is 0.896. The molecule has 0 unspecified atom stereocenters. The maximum atomic E-state index is 10.2. The molecule has 3 nitrogen and oxygen atoms in total. The first-order valence-electron chi connectivity index (χ1n) is 6.91. The molecule has 0 saturated carbocycles. The van der Waals surface area contributed by atoms with Crippen molar-refractivity contribution in [3.8, 4) is 17.0 Å². The molecule has 0 bridgehead atoms. The fourth-order valence-electron chi connectivity index (χ4n) is 2.43. The van der Waals surface area contributed by atoms with Crippen molar-refractivity contribution in [2.24, 2.45) is 0 Å². The molecule has 0 spiro atoms. The Morgan fingerprint density at radius 1 is 1.21 bits per heavy atom. The van der Waals surface area contributed by atoms with E-state index in [9.17, 15) is 5.11 Å². The van der Waals surface area contributed by atoms with Gasteiger partial charge in [-0.2, -0.15) is 0 Å². The molecule has 0 aliphatic carbocycles. The molecule has 2 aromatic rings. The summed E-state index contributed by atoms with van der Waals surface area (Å²) in [4.78, 5) is 0. The minimum absolute atomic E-state index is 0.140. The topological polar surface area (TPSA) is 38.0 Å². The van der Waals surface area contributed by atoms with Gasteiger partial charge >= 0.3 is 0 Å². The predicted octanol–water partition coefficient (Wildman–Crippen LogP) is 4.10. The maximum Gasteiger partial charge on any atom is 0.238 e. The third-order valence-electron chi connectivity index (χ3n) is 3.30. The van der Waals surface area contributed by atoms with E-state index in [0.29, 0.717) is 5.92 Å². The highest BCUT2D eigenvalue weighted by molar-refractivity contribution is 5.72. The number of aromatic hydroxyl groups is 1. The van der Waals surface area contributed by atoms with Crippen molar-refractivity contribution in [3.05, 3.63) is 35.5 Å². The summed E-state index contributed by atoms with van der Waals surface area (Å²) in [6, 6.07) is 8.23. The van der Waals surface area contributed by atoms with Crippen LogP contribution in [0.5, 0.6) is 5.88 Å². The van der Waals surface area contributed by atoms with Crippen LogP contribution < -0.4 is 0 Å². The van der Waals surface area contributed by atoms with E-state index in [1.807, 2.05) is 16.8 Å². The summed E-state index contributed by atoms with van der Waals surface area (Å²) in [5, 5.41) is 14.5. The van der Waals surface area contributed by atoms with Crippen molar-refractivity contribution >= 4 is 0 Å². The summed E-state index contributed by atoms with van der Waals surface area (Å²) in [5.41, 5.74) is 4.25. The minimum atomic E-state index is 0.140. The SMILES string of the molecule is CCCn1nc(O)c(-c2ccc(C)cc2)c1C(C)C. The Hall–Kier alpha value is -1.77. The third kappa shape index (κ3) is 2.65. The number of rotatable bonds is 4. The molecular formula is C16H22N2O. The van der Waals surface area contributed by atoms with Crippen molar-refractivity contribution in [1.29, 1.82) is 0 Å². The van der Waals surface area contributed by atoms with Crippen LogP contribution in [-0.4, -0.2) is 14.9 Å². The van der Waals surface area contributed by atoms with Crippen LogP contribution in [0.4, 0.5) is 0 Å². The second-order valence-corrected chi connectivity index (χ2v) is 5.33. The smallest absolute Gasteiger partial charge is 0.238 e. The minimum Gasteiger partial charge on any atom is -0.492 e. The van der Waals surface area contributed by atoms with Crippen molar-refractivity contribution in [2.75, 3.05) is 0 Å². The normalized spacial score (nSPS) is 11.2. The lowest BCUT2D eigenvalue weighted by molar-refractivity contribution is 0.435. The molecular weight excluding hydrogens is 236 g/mol. The molecule has 0 saturated heterocycles. The molecule has 0 amide bonds. The molecule has 2 rings (SSSR count). The van der Waals surface area contributed by atoms with Crippen LogP contribution in [0.15, 0.2) is 24.3 Å². The zero-order valence-corrected chi connectivity index (χ0v) is 12.1. The summed E-state index contributed by atoms with van der Waals surface area (Å²) in [6.45, 7) is 9.30. The fraction of sp³-hybridized carbons (Fsp3) is 0.438. The van der Waals surface area contributed by atoms with E-state index in [1.165, 1.54) is 5.56 Å². The molecule has 0 fully saturated rings. The Morgan fingerprint density at radius 3 is 2.37 bits per heavy atom. The van der Waals surface area contributed by atoms with Crippen molar-refractivity contribution in [1.82, 2.24) is 9.78 Å². The van der Waals surface area contributed by atoms with Gasteiger partial charge in [-0.25, -0.2) is 0 Å². The van der Waals surface area contributed by atoms with E-state index in [0.717, 1.165) is 29.8 Å². The standard InChI is InChI=1S/C16H22N2O/c1-5-10-18-15(11(2)3)14(16(19)17-18)13-8-6-12(4)7-9-13/h6-9,11H,5,10H2,1-4H3,(H,17,19). The third-order valence-corrected chi connectivity index (χ3v) is 3.30. The van der Waals surface area contributed by atoms with Gasteiger partial charge in [0.25, 0.3) is 0 Å². The molecule has 0 aliphatic heterocycles. The highest BCUT2D eigenvalue weighted by atomic mass is 16.3. The average Bonchev–Trinajstić information content (AvgIpc) is 2.68. The van der Waals surface area contributed by atoms with Crippen molar-refractivity contribution in [2.45, 2.75) is 46.6 Å². The van der Waals surface area contributed by atoms with E-state index in [-0.39, 0.29) is 5.88 Å². The summed E-state index contributed by atoms with van der Waals surface area (Å²) >= 11 is 0. The van der Waals surface area contributed by atoms with E-state index in [1.54, 1.807) is 0 Å². The van der Waals surface area contributed by atoms with Crippen LogP contribution in [0.2, 0.25) is 0 Å². The van der Waals surface area contributed by atoms with Crippen LogP contribution >= 0.6 is 0 Å². The molecule has 19 heavy (non-hydrogen) atoms. The molecule has 3 heteroatoms. The molecule has 1 aromatic carbocycles. The number of nitrogens with zero attached hydrogens (tertiary/aromatic N) is 2. The van der Waals surface area contributed by atoms with Gasteiger partial charge in [-0.3, -0.25) is 4.68 Å². The van der Waals surface area contributed by atoms with Gasteiger partial charge in [0.15, 0.2) is 0 Å². The lowest BCUT2D eigenvalue weighted by atomic mass is 9.98. The Bertz CT molecular complexity index is 553. The van der Waals surface area contributed by atoms with Gasteiger partial charge in [-0.15, -0.1) is 5.10 Å². The van der Waals surface area contributed by atoms with Crippen LogP contribution in [0.25, 0.3) is 11.1 Å². The molecule has 1 aromatic heterocycles. The molecule has 1 N–H and O–H groups in total. The monoisotopic (exact) mass is 258 g/mol. The molecule has 0 radical (unpaired) electrons. The number of aryl methyl sites for hydroxylation is 2. The van der Waals surface area contributed by atoms with Gasteiger partial charge in [0, 0.05) is 6.54 Å². The Kier molecular flexibility index (Phi) is 3.93. The predicted molar refractivity (Wildman–Crippen MR) is 78.4 cm³/mol. The number of benzene rings is 1. The molecule has 0 atom stereocenters. The van der Waals surface area contributed by atoms with Gasteiger partial charge in [-0.1, -0.05) is 50.6 Å². The summed E-state index contributed by atoms with van der Waals surface area (Å²) in [5.74, 6) is 0.470. The van der Waals surface area contributed by atoms with Crippen LogP contribution in [0, 0.1) is 6.92 Å². The van der Waals surface area contributed by atoms with Crippen molar-refractivity contribution in [3.63, 3.8) is 0 Å².